The number of aliphatic hydroxyl groups is 1. The van der Waals surface area contributed by atoms with E-state index in [1.54, 1.807) is 24.3 Å². The average Bonchev–Trinajstić information content (AvgIpc) is 2.37. The van der Waals surface area contributed by atoms with Gasteiger partial charge in [-0.15, -0.1) is 0 Å². The predicted octanol–water partition coefficient (Wildman–Crippen LogP) is 6.27. The Morgan fingerprint density at radius 2 is 1.36 bits per heavy atom. The van der Waals surface area contributed by atoms with Gasteiger partial charge in [0.25, 0.3) is 0 Å². The quantitative estimate of drug-likeness (QED) is 0.638. The molecule has 0 aliphatic carbocycles. The lowest BCUT2D eigenvalue weighted by molar-refractivity contribution is 0.178. The van der Waals surface area contributed by atoms with Crippen LogP contribution >= 0.6 is 21.8 Å². The van der Waals surface area contributed by atoms with E-state index >= 15 is 0 Å². The lowest BCUT2D eigenvalue weighted by Crippen LogP contribution is -2.06. The molecule has 0 radical (unpaired) electrons. The van der Waals surface area contributed by atoms with Gasteiger partial charge in [-0.25, -0.2) is 0 Å². The maximum absolute atomic E-state index is 12.6. The van der Waals surface area contributed by atoms with E-state index in [4.69, 9.17) is 11.6 Å². The van der Waals surface area contributed by atoms with E-state index in [1.165, 1.54) is 0 Å². The Morgan fingerprint density at radius 1 is 0.864 bits per heavy atom. The van der Waals surface area contributed by atoms with Crippen LogP contribution in [0.15, 0.2) is 53.4 Å². The topological polar surface area (TPSA) is 20.2 Å². The predicted molar refractivity (Wildman–Crippen MR) is 78.0 cm³/mol. The number of rotatable bonds is 4. The molecule has 2 aromatic rings. The van der Waals surface area contributed by atoms with Crippen LogP contribution in [0.5, 0.6) is 0 Å². The molecule has 1 atom stereocenters. The second-order valence-electron chi connectivity index (χ2n) is 4.88. The molecule has 0 saturated carbocycles. The summed E-state index contributed by atoms with van der Waals surface area (Å²) in [4.78, 5) is -1.94. The minimum absolute atomic E-state index is 0.00221. The van der Waals surface area contributed by atoms with Gasteiger partial charge in [0, 0.05) is 11.4 Å². The molecule has 2 aromatic carbocycles. The fraction of sp³-hybridized carbons (Fsp3) is 0.143. The molecule has 122 valence electrons. The Morgan fingerprint density at radius 3 is 1.82 bits per heavy atom. The van der Waals surface area contributed by atoms with Crippen molar-refractivity contribution >= 4 is 21.8 Å². The number of benzene rings is 2. The highest BCUT2D eigenvalue weighted by molar-refractivity contribution is 8.45. The molecule has 0 unspecified atom stereocenters. The lowest BCUT2D eigenvalue weighted by Gasteiger charge is -2.40. The molecular formula is C14H12ClF5OS. The molecular weight excluding hydrogens is 347 g/mol. The zero-order valence-corrected chi connectivity index (χ0v) is 12.6. The van der Waals surface area contributed by atoms with Crippen molar-refractivity contribution in [3.8, 4) is 0 Å². The Labute approximate surface area is 129 Å². The molecule has 0 aliphatic rings. The summed E-state index contributed by atoms with van der Waals surface area (Å²) in [6, 6.07) is 8.84. The van der Waals surface area contributed by atoms with Gasteiger partial charge in [0.2, 0.25) is 0 Å². The largest absolute Gasteiger partial charge is 0.388 e. The molecule has 22 heavy (non-hydrogen) atoms. The van der Waals surface area contributed by atoms with Crippen molar-refractivity contribution in [2.75, 3.05) is 0 Å². The van der Waals surface area contributed by atoms with Crippen LogP contribution in [-0.2, 0) is 6.42 Å². The molecule has 0 spiro atoms. The summed E-state index contributed by atoms with van der Waals surface area (Å²) in [5.74, 6) is 0. The normalized spacial score (nSPS) is 16.7. The fourth-order valence-electron chi connectivity index (χ4n) is 1.91. The lowest BCUT2D eigenvalue weighted by atomic mass is 10.0. The van der Waals surface area contributed by atoms with E-state index < -0.39 is 21.2 Å². The summed E-state index contributed by atoms with van der Waals surface area (Å²) < 4.78 is 62.9. The molecule has 0 aliphatic heterocycles. The molecule has 0 fully saturated rings. The maximum atomic E-state index is 12.6. The highest BCUT2D eigenvalue weighted by Crippen LogP contribution is 3.02. The van der Waals surface area contributed by atoms with E-state index in [9.17, 15) is 24.5 Å². The Kier molecular flexibility index (Phi) is 3.75. The highest BCUT2D eigenvalue weighted by Gasteiger charge is 2.65. The van der Waals surface area contributed by atoms with Gasteiger partial charge in [0.05, 0.1) is 6.10 Å². The van der Waals surface area contributed by atoms with Crippen LogP contribution in [-0.4, -0.2) is 5.11 Å². The Hall–Kier alpha value is -1.31. The zero-order valence-electron chi connectivity index (χ0n) is 11.0. The van der Waals surface area contributed by atoms with E-state index in [-0.39, 0.29) is 6.42 Å². The van der Waals surface area contributed by atoms with Gasteiger partial charge in [0.15, 0.2) is 0 Å². The molecule has 0 heterocycles. The molecule has 0 amide bonds. The van der Waals surface area contributed by atoms with E-state index in [0.29, 0.717) is 28.3 Å². The molecule has 8 heteroatoms. The summed E-state index contributed by atoms with van der Waals surface area (Å²) in [6.45, 7) is 0. The summed E-state index contributed by atoms with van der Waals surface area (Å²) >= 11 is 5.71. The van der Waals surface area contributed by atoms with E-state index in [0.717, 1.165) is 12.1 Å². The third-order valence-corrected chi connectivity index (χ3v) is 4.47. The van der Waals surface area contributed by atoms with Crippen LogP contribution in [0.1, 0.15) is 17.2 Å². The smallest absolute Gasteiger partial charge is 0.310 e. The van der Waals surface area contributed by atoms with Gasteiger partial charge in [0.1, 0.15) is 4.90 Å². The second kappa shape index (κ2) is 4.84. The van der Waals surface area contributed by atoms with E-state index in [1.807, 2.05) is 0 Å². The summed E-state index contributed by atoms with van der Waals surface area (Å²) in [5, 5.41) is 10.5. The number of hydrogen-bond acceptors (Lipinski definition) is 1. The van der Waals surface area contributed by atoms with Gasteiger partial charge in [-0.05, 0) is 35.4 Å². The van der Waals surface area contributed by atoms with Crippen molar-refractivity contribution in [3.63, 3.8) is 0 Å². The van der Waals surface area contributed by atoms with E-state index in [2.05, 4.69) is 0 Å². The van der Waals surface area contributed by atoms with Gasteiger partial charge in [-0.3, -0.25) is 0 Å². The number of aliphatic hydroxyl groups excluding tert-OH is 1. The first-order valence-corrected chi connectivity index (χ1v) is 8.45. The van der Waals surface area contributed by atoms with Crippen molar-refractivity contribution in [1.29, 1.82) is 0 Å². The number of halogens is 6. The minimum Gasteiger partial charge on any atom is -0.388 e. The van der Waals surface area contributed by atoms with Crippen LogP contribution in [0, 0.1) is 0 Å². The van der Waals surface area contributed by atoms with Crippen molar-refractivity contribution in [2.24, 2.45) is 0 Å². The van der Waals surface area contributed by atoms with Gasteiger partial charge >= 0.3 is 10.2 Å². The van der Waals surface area contributed by atoms with Crippen molar-refractivity contribution in [2.45, 2.75) is 17.4 Å². The van der Waals surface area contributed by atoms with Crippen LogP contribution in [0.25, 0.3) is 0 Å². The highest BCUT2D eigenvalue weighted by atomic mass is 35.5. The van der Waals surface area contributed by atoms with Crippen molar-refractivity contribution in [3.05, 3.63) is 64.7 Å². The fourth-order valence-corrected chi connectivity index (χ4v) is 2.69. The van der Waals surface area contributed by atoms with Crippen LogP contribution in [0.3, 0.4) is 0 Å². The number of hydrogen-bond donors (Lipinski definition) is 1. The van der Waals surface area contributed by atoms with Crippen LogP contribution in [0.4, 0.5) is 19.4 Å². The third kappa shape index (κ3) is 4.34. The first-order valence-electron chi connectivity index (χ1n) is 6.12. The van der Waals surface area contributed by atoms with Gasteiger partial charge in [-0.2, -0.15) is 0 Å². The molecule has 0 saturated heterocycles. The van der Waals surface area contributed by atoms with Gasteiger partial charge < -0.3 is 5.11 Å². The van der Waals surface area contributed by atoms with Crippen LogP contribution < -0.4 is 0 Å². The van der Waals surface area contributed by atoms with Crippen molar-refractivity contribution in [1.82, 2.24) is 0 Å². The maximum Gasteiger partial charge on any atom is 0.310 e. The molecule has 2 rings (SSSR count). The SMILES string of the molecule is O[C@@H](Cc1ccc(S(F)(F)(F)(F)F)cc1)c1ccc(Cl)cc1. The monoisotopic (exact) mass is 358 g/mol. The minimum atomic E-state index is -9.65. The first-order chi connectivity index (χ1) is 9.85. The van der Waals surface area contributed by atoms with Gasteiger partial charge in [-0.1, -0.05) is 55.3 Å². The van der Waals surface area contributed by atoms with Crippen molar-refractivity contribution < 1.29 is 24.5 Å². The average molecular weight is 359 g/mol. The molecule has 0 bridgehead atoms. The van der Waals surface area contributed by atoms with Crippen LogP contribution in [0.2, 0.25) is 5.02 Å². The summed E-state index contributed by atoms with van der Waals surface area (Å²) in [6.07, 6.45) is -0.967. The second-order valence-corrected chi connectivity index (χ2v) is 7.73. The first kappa shape index (κ1) is 17.1. The summed E-state index contributed by atoms with van der Waals surface area (Å²) in [7, 11) is -9.65. The molecule has 1 nitrogen and oxygen atoms in total. The molecule has 1 N–H and O–H groups in total. The third-order valence-electron chi connectivity index (χ3n) is 3.05. The Bertz CT molecular complexity index is 667. The molecule has 0 aromatic heterocycles. The standard InChI is InChI=1S/C14H12ClF5OS/c15-12-5-3-11(4-6-12)14(21)9-10-1-7-13(8-2-10)22(16,17,18,19)20/h1-8,14,21H,9H2/t14-/m0/s1. The zero-order chi connectivity index (χ0) is 16.7. The Balaban J connectivity index is 2.17. The summed E-state index contributed by atoms with van der Waals surface area (Å²) in [5.41, 5.74) is 0.842.